The lowest BCUT2D eigenvalue weighted by atomic mass is 10.1. The fraction of sp³-hybridized carbons (Fsp3) is 0. The van der Waals surface area contributed by atoms with Gasteiger partial charge in [-0.1, -0.05) is 11.6 Å². The number of thiazole rings is 1. The van der Waals surface area contributed by atoms with Crippen molar-refractivity contribution >= 4 is 61.1 Å². The van der Waals surface area contributed by atoms with E-state index in [2.05, 4.69) is 20.0 Å². The summed E-state index contributed by atoms with van der Waals surface area (Å²) >= 11 is 7.18. The van der Waals surface area contributed by atoms with Gasteiger partial charge >= 0.3 is 0 Å². The molecule has 1 aliphatic rings. The third-order valence-electron chi connectivity index (χ3n) is 3.74. The number of nitrogens with zero attached hydrogens (tertiary/aromatic N) is 2. The van der Waals surface area contributed by atoms with Crippen LogP contribution in [0.25, 0.3) is 0 Å². The molecule has 3 aromatic rings. The van der Waals surface area contributed by atoms with Gasteiger partial charge in [0.2, 0.25) is 0 Å². The Morgan fingerprint density at radius 1 is 1.15 bits per heavy atom. The van der Waals surface area contributed by atoms with Gasteiger partial charge in [0, 0.05) is 22.2 Å². The zero-order valence-electron chi connectivity index (χ0n) is 13.5. The minimum atomic E-state index is -3.74. The Balaban J connectivity index is 1.63. The Bertz CT molecular complexity index is 1160. The highest BCUT2D eigenvalue weighted by molar-refractivity contribution is 7.93. The number of nitrogens with one attached hydrogen (secondary N) is 2. The van der Waals surface area contributed by atoms with Gasteiger partial charge in [-0.3, -0.25) is 9.52 Å². The monoisotopic (exact) mass is 418 g/mol. The van der Waals surface area contributed by atoms with Crippen LogP contribution in [0.15, 0.2) is 63.9 Å². The van der Waals surface area contributed by atoms with E-state index in [0.29, 0.717) is 22.0 Å². The molecular weight excluding hydrogens is 408 g/mol. The fourth-order valence-electron chi connectivity index (χ4n) is 2.51. The summed E-state index contributed by atoms with van der Waals surface area (Å²) in [6.45, 7) is 0. The number of sulfonamides is 1. The maximum Gasteiger partial charge on any atom is 0.275 e. The van der Waals surface area contributed by atoms with Crippen molar-refractivity contribution < 1.29 is 13.2 Å². The van der Waals surface area contributed by atoms with Crippen molar-refractivity contribution in [1.82, 2.24) is 4.98 Å². The summed E-state index contributed by atoms with van der Waals surface area (Å²) in [7, 11) is -3.74. The maximum absolute atomic E-state index is 12.3. The Labute approximate surface area is 163 Å². The molecule has 0 radical (unpaired) electrons. The Kier molecular flexibility index (Phi) is 4.42. The molecule has 1 aliphatic heterocycles. The summed E-state index contributed by atoms with van der Waals surface area (Å²) in [6, 6.07) is 10.9. The van der Waals surface area contributed by atoms with Crippen LogP contribution >= 0.6 is 22.9 Å². The molecule has 4 rings (SSSR count). The number of benzene rings is 2. The highest BCUT2D eigenvalue weighted by Gasteiger charge is 2.26. The van der Waals surface area contributed by atoms with E-state index in [4.69, 9.17) is 11.6 Å². The van der Waals surface area contributed by atoms with Crippen molar-refractivity contribution in [2.75, 3.05) is 10.0 Å². The van der Waals surface area contributed by atoms with Gasteiger partial charge in [0.25, 0.3) is 15.9 Å². The predicted octanol–water partition coefficient (Wildman–Crippen LogP) is 3.67. The van der Waals surface area contributed by atoms with E-state index in [1.807, 2.05) is 0 Å². The number of anilines is 2. The van der Waals surface area contributed by atoms with Gasteiger partial charge in [-0.25, -0.2) is 18.4 Å². The lowest BCUT2D eigenvalue weighted by Gasteiger charge is -2.05. The molecule has 27 heavy (non-hydrogen) atoms. The van der Waals surface area contributed by atoms with Gasteiger partial charge in [-0.2, -0.15) is 0 Å². The number of hydrogen-bond donors (Lipinski definition) is 2. The number of halogens is 1. The molecule has 0 atom stereocenters. The standard InChI is InChI=1S/C17H11ClN4O3S2/c18-10-1-6-14-13(9-10)15(16(23)21-14)20-11-2-4-12(5-3-11)27(24,25)22-17-19-7-8-26-17/h1-9H,(H,19,22)(H,20,21,23). The van der Waals surface area contributed by atoms with Gasteiger partial charge in [-0.15, -0.1) is 11.3 Å². The molecule has 0 aliphatic carbocycles. The van der Waals surface area contributed by atoms with Crippen LogP contribution in [-0.2, 0) is 14.8 Å². The zero-order chi connectivity index (χ0) is 19.0. The quantitative estimate of drug-likeness (QED) is 0.674. The smallest absolute Gasteiger partial charge is 0.275 e. The SMILES string of the molecule is O=C1Nc2ccc(Cl)cc2C1=Nc1ccc(S(=O)(=O)Nc2nccs2)cc1. The first kappa shape index (κ1) is 17.7. The second kappa shape index (κ2) is 6.76. The normalized spacial score (nSPS) is 14.9. The summed E-state index contributed by atoms with van der Waals surface area (Å²) in [6.07, 6.45) is 1.51. The summed E-state index contributed by atoms with van der Waals surface area (Å²) in [5.74, 6) is -0.339. The number of aliphatic imine (C=N–C) groups is 1. The van der Waals surface area contributed by atoms with Crippen LogP contribution < -0.4 is 10.0 Å². The van der Waals surface area contributed by atoms with E-state index in [1.54, 1.807) is 23.6 Å². The molecule has 10 heteroatoms. The molecule has 0 saturated heterocycles. The summed E-state index contributed by atoms with van der Waals surface area (Å²) in [5, 5.41) is 5.17. The van der Waals surface area contributed by atoms with Crippen LogP contribution in [0.5, 0.6) is 0 Å². The molecule has 2 N–H and O–H groups in total. The zero-order valence-corrected chi connectivity index (χ0v) is 15.9. The number of carbonyl (C=O) groups excluding carboxylic acids is 1. The third kappa shape index (κ3) is 3.57. The van der Waals surface area contributed by atoms with E-state index in [1.165, 1.54) is 41.8 Å². The van der Waals surface area contributed by atoms with Crippen LogP contribution in [0.1, 0.15) is 5.56 Å². The van der Waals surface area contributed by atoms with E-state index in [-0.39, 0.29) is 21.6 Å². The van der Waals surface area contributed by atoms with Gasteiger partial charge in [0.1, 0.15) is 5.71 Å². The van der Waals surface area contributed by atoms with Crippen LogP contribution in [0.3, 0.4) is 0 Å². The third-order valence-corrected chi connectivity index (χ3v) is 6.15. The summed E-state index contributed by atoms with van der Waals surface area (Å²) in [5.41, 5.74) is 1.91. The van der Waals surface area contributed by atoms with Crippen molar-refractivity contribution in [2.24, 2.45) is 4.99 Å². The van der Waals surface area contributed by atoms with Crippen LogP contribution in [-0.4, -0.2) is 25.0 Å². The van der Waals surface area contributed by atoms with E-state index in [0.717, 1.165) is 0 Å². The Morgan fingerprint density at radius 3 is 2.63 bits per heavy atom. The molecule has 0 fully saturated rings. The molecule has 0 bridgehead atoms. The number of hydrogen-bond acceptors (Lipinski definition) is 6. The van der Waals surface area contributed by atoms with Gasteiger partial charge in [-0.05, 0) is 42.5 Å². The molecule has 0 spiro atoms. The number of aromatic nitrogens is 1. The van der Waals surface area contributed by atoms with Gasteiger partial charge in [0.15, 0.2) is 5.13 Å². The first-order valence-electron chi connectivity index (χ1n) is 7.65. The molecule has 1 amide bonds. The number of amides is 1. The molecule has 136 valence electrons. The highest BCUT2D eigenvalue weighted by Crippen LogP contribution is 2.29. The topological polar surface area (TPSA) is 101 Å². The van der Waals surface area contributed by atoms with Crippen molar-refractivity contribution in [1.29, 1.82) is 0 Å². The van der Waals surface area contributed by atoms with E-state index in [9.17, 15) is 13.2 Å². The summed E-state index contributed by atoms with van der Waals surface area (Å²) in [4.78, 5) is 20.5. The maximum atomic E-state index is 12.3. The minimum absolute atomic E-state index is 0.0703. The average molecular weight is 419 g/mol. The Hall–Kier alpha value is -2.75. The molecule has 2 heterocycles. The van der Waals surface area contributed by atoms with Crippen LogP contribution in [0, 0.1) is 0 Å². The molecule has 0 unspecified atom stereocenters. The highest BCUT2D eigenvalue weighted by atomic mass is 35.5. The number of fused-ring (bicyclic) bond motifs is 1. The molecular formula is C17H11ClN4O3S2. The second-order valence-electron chi connectivity index (χ2n) is 5.54. The van der Waals surface area contributed by atoms with E-state index < -0.39 is 10.0 Å². The van der Waals surface area contributed by atoms with E-state index >= 15 is 0 Å². The fourth-order valence-corrected chi connectivity index (χ4v) is 4.47. The lowest BCUT2D eigenvalue weighted by Crippen LogP contribution is -2.14. The lowest BCUT2D eigenvalue weighted by molar-refractivity contribution is -0.110. The van der Waals surface area contributed by atoms with Gasteiger partial charge in [0.05, 0.1) is 16.3 Å². The van der Waals surface area contributed by atoms with Crippen LogP contribution in [0.4, 0.5) is 16.5 Å². The summed E-state index contributed by atoms with van der Waals surface area (Å²) < 4.78 is 27.1. The van der Waals surface area contributed by atoms with Crippen LogP contribution in [0.2, 0.25) is 5.02 Å². The first-order valence-corrected chi connectivity index (χ1v) is 10.4. The van der Waals surface area contributed by atoms with Crippen molar-refractivity contribution in [3.05, 3.63) is 64.6 Å². The molecule has 0 saturated carbocycles. The van der Waals surface area contributed by atoms with Crippen molar-refractivity contribution in [3.63, 3.8) is 0 Å². The number of carbonyl (C=O) groups is 1. The van der Waals surface area contributed by atoms with Crippen molar-refractivity contribution in [2.45, 2.75) is 4.90 Å². The van der Waals surface area contributed by atoms with Gasteiger partial charge < -0.3 is 5.32 Å². The average Bonchev–Trinajstić information content (AvgIpc) is 3.24. The second-order valence-corrected chi connectivity index (χ2v) is 8.55. The minimum Gasteiger partial charge on any atom is -0.320 e. The molecule has 1 aromatic heterocycles. The number of rotatable bonds is 4. The largest absolute Gasteiger partial charge is 0.320 e. The first-order chi connectivity index (χ1) is 12.9. The van der Waals surface area contributed by atoms with Crippen molar-refractivity contribution in [3.8, 4) is 0 Å². The Morgan fingerprint density at radius 2 is 1.93 bits per heavy atom. The predicted molar refractivity (Wildman–Crippen MR) is 106 cm³/mol. The molecule has 2 aromatic carbocycles. The molecule has 7 nitrogen and oxygen atoms in total.